The smallest absolute Gasteiger partial charge is 0.236 e. The minimum atomic E-state index is -0.263. The normalized spacial score (nSPS) is 21.6. The molecule has 68 valence electrons. The summed E-state index contributed by atoms with van der Waals surface area (Å²) in [5, 5.41) is 0. The molecule has 1 heterocycles. The Balaban J connectivity index is 2.17. The summed E-state index contributed by atoms with van der Waals surface area (Å²) >= 11 is 0. The molecule has 0 saturated carbocycles. The summed E-state index contributed by atoms with van der Waals surface area (Å²) in [6, 6.07) is 6.09. The summed E-state index contributed by atoms with van der Waals surface area (Å²) in [5.41, 5.74) is 6.24. The molecule has 0 bridgehead atoms. The summed E-state index contributed by atoms with van der Waals surface area (Å²) in [6.07, 6.45) is 0.408. The molecule has 13 heavy (non-hydrogen) atoms. The van der Waals surface area contributed by atoms with Crippen molar-refractivity contribution >= 4 is 5.91 Å². The van der Waals surface area contributed by atoms with E-state index in [-0.39, 0.29) is 17.8 Å². The van der Waals surface area contributed by atoms with Gasteiger partial charge in [-0.25, -0.2) is 9.82 Å². The van der Waals surface area contributed by atoms with Crippen LogP contribution in [0.4, 0.5) is 4.39 Å². The molecular formula is C9H9FN2O. The van der Waals surface area contributed by atoms with E-state index in [1.807, 2.05) is 0 Å². The summed E-state index contributed by atoms with van der Waals surface area (Å²) in [4.78, 5) is 10.8. The Morgan fingerprint density at radius 1 is 1.31 bits per heavy atom. The Hall–Kier alpha value is -1.42. The number of hydrazine groups is 1. The summed E-state index contributed by atoms with van der Waals surface area (Å²) in [7, 11) is 0. The summed E-state index contributed by atoms with van der Waals surface area (Å²) in [6.45, 7) is 0. The lowest BCUT2D eigenvalue weighted by Crippen LogP contribution is -2.27. The number of amides is 1. The molecule has 1 aliphatic rings. The maximum atomic E-state index is 12.5. The van der Waals surface area contributed by atoms with E-state index < -0.39 is 0 Å². The van der Waals surface area contributed by atoms with Gasteiger partial charge in [0.15, 0.2) is 0 Å². The van der Waals surface area contributed by atoms with Crippen LogP contribution in [0.2, 0.25) is 0 Å². The fourth-order valence-electron chi connectivity index (χ4n) is 1.35. The second-order valence-electron chi connectivity index (χ2n) is 3.00. The van der Waals surface area contributed by atoms with E-state index in [4.69, 9.17) is 0 Å². The van der Waals surface area contributed by atoms with Crippen LogP contribution >= 0.6 is 0 Å². The molecule has 0 spiro atoms. The molecule has 4 heteroatoms. The number of carbonyl (C=O) groups is 1. The van der Waals surface area contributed by atoms with Gasteiger partial charge in [-0.2, -0.15) is 0 Å². The molecule has 0 aliphatic carbocycles. The highest BCUT2D eigenvalue weighted by atomic mass is 19.1. The zero-order valence-electron chi connectivity index (χ0n) is 6.88. The van der Waals surface area contributed by atoms with E-state index in [0.29, 0.717) is 6.42 Å². The molecule has 1 saturated heterocycles. The molecule has 3 nitrogen and oxygen atoms in total. The van der Waals surface area contributed by atoms with E-state index in [2.05, 4.69) is 10.9 Å². The second kappa shape index (κ2) is 3.14. The Morgan fingerprint density at radius 2 is 2.00 bits per heavy atom. The quantitative estimate of drug-likeness (QED) is 0.674. The van der Waals surface area contributed by atoms with Gasteiger partial charge in [-0.3, -0.25) is 10.2 Å². The lowest BCUT2D eigenvalue weighted by molar-refractivity contribution is -0.119. The molecule has 2 N–H and O–H groups in total. The largest absolute Gasteiger partial charge is 0.291 e. The number of benzene rings is 1. The van der Waals surface area contributed by atoms with Gasteiger partial charge in [0.25, 0.3) is 0 Å². The number of halogens is 1. The monoisotopic (exact) mass is 180 g/mol. The first kappa shape index (κ1) is 8.19. The van der Waals surface area contributed by atoms with Crippen LogP contribution in [0.5, 0.6) is 0 Å². The highest BCUT2D eigenvalue weighted by Crippen LogP contribution is 2.19. The number of carbonyl (C=O) groups excluding carboxylic acids is 1. The maximum absolute atomic E-state index is 12.5. The second-order valence-corrected chi connectivity index (χ2v) is 3.00. The highest BCUT2D eigenvalue weighted by Gasteiger charge is 2.21. The first-order chi connectivity index (χ1) is 6.25. The van der Waals surface area contributed by atoms with Crippen LogP contribution in [-0.4, -0.2) is 5.91 Å². The molecule has 0 radical (unpaired) electrons. The van der Waals surface area contributed by atoms with Gasteiger partial charge in [0.1, 0.15) is 5.82 Å². The van der Waals surface area contributed by atoms with E-state index >= 15 is 0 Å². The van der Waals surface area contributed by atoms with Crippen LogP contribution in [0.3, 0.4) is 0 Å². The van der Waals surface area contributed by atoms with Crippen molar-refractivity contribution in [3.63, 3.8) is 0 Å². The third-order valence-electron chi connectivity index (χ3n) is 2.05. The molecule has 1 fully saturated rings. The Labute approximate surface area is 74.9 Å². The number of hydrogen-bond donors (Lipinski definition) is 2. The fraction of sp³-hybridized carbons (Fsp3) is 0.222. The highest BCUT2D eigenvalue weighted by molar-refractivity contribution is 5.78. The van der Waals surface area contributed by atoms with Gasteiger partial charge in [0.05, 0.1) is 6.04 Å². The number of rotatable bonds is 1. The van der Waals surface area contributed by atoms with Gasteiger partial charge < -0.3 is 0 Å². The van der Waals surface area contributed by atoms with E-state index in [1.165, 1.54) is 12.1 Å². The predicted octanol–water partition coefficient (Wildman–Crippen LogP) is 0.891. The topological polar surface area (TPSA) is 41.1 Å². The van der Waals surface area contributed by atoms with Gasteiger partial charge in [0.2, 0.25) is 5.91 Å². The van der Waals surface area contributed by atoms with Gasteiger partial charge >= 0.3 is 0 Å². The molecule has 1 unspecified atom stereocenters. The first-order valence-electron chi connectivity index (χ1n) is 4.05. The third-order valence-corrected chi connectivity index (χ3v) is 2.05. The van der Waals surface area contributed by atoms with Gasteiger partial charge in [-0.05, 0) is 17.7 Å². The molecule has 1 atom stereocenters. The van der Waals surface area contributed by atoms with Gasteiger partial charge in [-0.1, -0.05) is 12.1 Å². The van der Waals surface area contributed by atoms with E-state index in [1.54, 1.807) is 12.1 Å². The van der Waals surface area contributed by atoms with Crippen molar-refractivity contribution < 1.29 is 9.18 Å². The molecule has 1 aromatic rings. The van der Waals surface area contributed by atoms with Crippen molar-refractivity contribution in [3.8, 4) is 0 Å². The van der Waals surface area contributed by atoms with Gasteiger partial charge in [0, 0.05) is 6.42 Å². The average Bonchev–Trinajstić information content (AvgIpc) is 2.53. The van der Waals surface area contributed by atoms with Crippen molar-refractivity contribution in [1.82, 2.24) is 10.9 Å². The molecule has 1 aromatic carbocycles. The molecule has 1 amide bonds. The van der Waals surface area contributed by atoms with Crippen molar-refractivity contribution in [2.45, 2.75) is 12.5 Å². The molecule has 0 aromatic heterocycles. The maximum Gasteiger partial charge on any atom is 0.236 e. The number of nitrogens with one attached hydrogen (secondary N) is 2. The Bertz CT molecular complexity index is 323. The molecule has 2 rings (SSSR count). The van der Waals surface area contributed by atoms with E-state index in [9.17, 15) is 9.18 Å². The standard InChI is InChI=1S/C9H9FN2O/c10-7-3-1-6(2-4-7)8-5-9(13)12-11-8/h1-4,8,11H,5H2,(H,12,13). The first-order valence-corrected chi connectivity index (χ1v) is 4.05. The van der Waals surface area contributed by atoms with Crippen LogP contribution in [0.15, 0.2) is 24.3 Å². The van der Waals surface area contributed by atoms with Crippen molar-refractivity contribution in [1.29, 1.82) is 0 Å². The van der Waals surface area contributed by atoms with E-state index in [0.717, 1.165) is 5.56 Å². The lowest BCUT2D eigenvalue weighted by atomic mass is 10.1. The minimum Gasteiger partial charge on any atom is -0.291 e. The summed E-state index contributed by atoms with van der Waals surface area (Å²) in [5.74, 6) is -0.296. The van der Waals surface area contributed by atoms with Gasteiger partial charge in [-0.15, -0.1) is 0 Å². The van der Waals surface area contributed by atoms with Crippen LogP contribution < -0.4 is 10.9 Å². The predicted molar refractivity (Wildman–Crippen MR) is 45.0 cm³/mol. The van der Waals surface area contributed by atoms with Crippen LogP contribution in [0, 0.1) is 5.82 Å². The van der Waals surface area contributed by atoms with Crippen LogP contribution in [0.1, 0.15) is 18.0 Å². The van der Waals surface area contributed by atoms with Crippen molar-refractivity contribution in [3.05, 3.63) is 35.6 Å². The van der Waals surface area contributed by atoms with Crippen LogP contribution in [-0.2, 0) is 4.79 Å². The summed E-state index contributed by atoms with van der Waals surface area (Å²) < 4.78 is 12.5. The average molecular weight is 180 g/mol. The fourth-order valence-corrected chi connectivity index (χ4v) is 1.35. The van der Waals surface area contributed by atoms with Crippen molar-refractivity contribution in [2.24, 2.45) is 0 Å². The SMILES string of the molecule is O=C1CC(c2ccc(F)cc2)NN1. The number of hydrogen-bond acceptors (Lipinski definition) is 2. The zero-order chi connectivity index (χ0) is 9.26. The van der Waals surface area contributed by atoms with Crippen molar-refractivity contribution in [2.75, 3.05) is 0 Å². The molecular weight excluding hydrogens is 171 g/mol. The third kappa shape index (κ3) is 1.67. The molecule has 1 aliphatic heterocycles. The Morgan fingerprint density at radius 3 is 2.54 bits per heavy atom. The lowest BCUT2D eigenvalue weighted by Gasteiger charge is -2.07. The van der Waals surface area contributed by atoms with Crippen LogP contribution in [0.25, 0.3) is 0 Å². The minimum absolute atomic E-state index is 0.0330. The Kier molecular flexibility index (Phi) is 1.98. The zero-order valence-corrected chi connectivity index (χ0v) is 6.88.